The molecule has 0 aliphatic carbocycles. The number of ether oxygens (including phenoxy) is 1. The SMILES string of the molecule is CC(C)C(=O)CC(=S)OCc1ccccc1. The van der Waals surface area contributed by atoms with Crippen molar-refractivity contribution >= 4 is 23.1 Å². The molecule has 0 bridgehead atoms. The molecule has 0 unspecified atom stereocenters. The van der Waals surface area contributed by atoms with Crippen LogP contribution >= 0.6 is 12.2 Å². The van der Waals surface area contributed by atoms with E-state index >= 15 is 0 Å². The zero-order chi connectivity index (χ0) is 12.0. The summed E-state index contributed by atoms with van der Waals surface area (Å²) in [5.41, 5.74) is 1.06. The van der Waals surface area contributed by atoms with Crippen LogP contribution in [0.25, 0.3) is 0 Å². The minimum atomic E-state index is 0.0123. The molecule has 1 aromatic rings. The Morgan fingerprint density at radius 3 is 2.50 bits per heavy atom. The highest BCUT2D eigenvalue weighted by Crippen LogP contribution is 2.05. The van der Waals surface area contributed by atoms with Gasteiger partial charge in [0.25, 0.3) is 0 Å². The number of hydrogen-bond acceptors (Lipinski definition) is 3. The van der Waals surface area contributed by atoms with Gasteiger partial charge in [0.05, 0.1) is 6.42 Å². The molecule has 0 aromatic heterocycles. The molecule has 0 saturated carbocycles. The second-order valence-electron chi connectivity index (χ2n) is 3.94. The normalized spacial score (nSPS) is 10.2. The van der Waals surface area contributed by atoms with Crippen LogP contribution < -0.4 is 0 Å². The van der Waals surface area contributed by atoms with E-state index in [0.29, 0.717) is 11.7 Å². The third-order valence-corrected chi connectivity index (χ3v) is 2.47. The van der Waals surface area contributed by atoms with E-state index in [1.807, 2.05) is 44.2 Å². The van der Waals surface area contributed by atoms with Crippen LogP contribution in [-0.2, 0) is 16.1 Å². The molecule has 0 heterocycles. The molecular formula is C13H16O2S. The third kappa shape index (κ3) is 4.53. The first-order valence-electron chi connectivity index (χ1n) is 5.32. The topological polar surface area (TPSA) is 26.3 Å². The Hall–Kier alpha value is -1.22. The van der Waals surface area contributed by atoms with E-state index < -0.39 is 0 Å². The summed E-state index contributed by atoms with van der Waals surface area (Å²) in [5.74, 6) is 0.135. The molecule has 0 radical (unpaired) electrons. The molecular weight excluding hydrogens is 220 g/mol. The minimum Gasteiger partial charge on any atom is -0.482 e. The monoisotopic (exact) mass is 236 g/mol. The standard InChI is InChI=1S/C13H16O2S/c1-10(2)12(14)8-13(16)15-9-11-6-4-3-5-7-11/h3-7,10H,8-9H2,1-2H3. The number of carbonyl (C=O) groups is 1. The van der Waals surface area contributed by atoms with E-state index in [-0.39, 0.29) is 18.1 Å². The molecule has 86 valence electrons. The lowest BCUT2D eigenvalue weighted by Crippen LogP contribution is -2.14. The number of hydrogen-bond donors (Lipinski definition) is 0. The van der Waals surface area contributed by atoms with Crippen LogP contribution in [0.1, 0.15) is 25.8 Å². The lowest BCUT2D eigenvalue weighted by molar-refractivity contribution is -0.120. The van der Waals surface area contributed by atoms with Gasteiger partial charge in [0.2, 0.25) is 0 Å². The number of thiocarbonyl (C=S) groups is 1. The Morgan fingerprint density at radius 2 is 1.94 bits per heavy atom. The molecule has 0 atom stereocenters. The Labute approximate surface area is 102 Å². The molecule has 0 fully saturated rings. The van der Waals surface area contributed by atoms with Crippen molar-refractivity contribution in [2.75, 3.05) is 0 Å². The van der Waals surface area contributed by atoms with Crippen molar-refractivity contribution < 1.29 is 9.53 Å². The molecule has 0 spiro atoms. The minimum absolute atomic E-state index is 0.0123. The smallest absolute Gasteiger partial charge is 0.167 e. The number of carbonyl (C=O) groups excluding carboxylic acids is 1. The van der Waals surface area contributed by atoms with Gasteiger partial charge in [-0.25, -0.2) is 0 Å². The van der Waals surface area contributed by atoms with Crippen LogP contribution in [0.4, 0.5) is 0 Å². The van der Waals surface area contributed by atoms with Crippen molar-refractivity contribution in [1.82, 2.24) is 0 Å². The second-order valence-corrected chi connectivity index (χ2v) is 4.40. The largest absolute Gasteiger partial charge is 0.482 e. The number of benzene rings is 1. The van der Waals surface area contributed by atoms with E-state index in [1.54, 1.807) is 0 Å². The fourth-order valence-electron chi connectivity index (χ4n) is 1.14. The maximum atomic E-state index is 11.4. The number of rotatable bonds is 5. The average Bonchev–Trinajstić information content (AvgIpc) is 2.27. The summed E-state index contributed by atoms with van der Waals surface area (Å²) < 4.78 is 5.36. The van der Waals surface area contributed by atoms with Gasteiger partial charge in [0.1, 0.15) is 12.4 Å². The average molecular weight is 236 g/mol. The van der Waals surface area contributed by atoms with Crippen LogP contribution in [0.2, 0.25) is 0 Å². The molecule has 16 heavy (non-hydrogen) atoms. The van der Waals surface area contributed by atoms with Gasteiger partial charge in [-0.2, -0.15) is 0 Å². The lowest BCUT2D eigenvalue weighted by Gasteiger charge is -2.08. The van der Waals surface area contributed by atoms with Gasteiger partial charge in [-0.05, 0) is 17.8 Å². The Morgan fingerprint density at radius 1 is 1.31 bits per heavy atom. The van der Waals surface area contributed by atoms with Gasteiger partial charge < -0.3 is 4.74 Å². The summed E-state index contributed by atoms with van der Waals surface area (Å²) in [6.45, 7) is 4.16. The van der Waals surface area contributed by atoms with Crippen molar-refractivity contribution in [2.24, 2.45) is 5.92 Å². The van der Waals surface area contributed by atoms with Crippen molar-refractivity contribution in [3.8, 4) is 0 Å². The molecule has 0 aliphatic rings. The van der Waals surface area contributed by atoms with Gasteiger partial charge in [-0.3, -0.25) is 4.79 Å². The molecule has 3 heteroatoms. The predicted molar refractivity (Wildman–Crippen MR) is 68.3 cm³/mol. The molecule has 2 nitrogen and oxygen atoms in total. The van der Waals surface area contributed by atoms with E-state index in [9.17, 15) is 4.79 Å². The Kier molecular flexibility index (Phi) is 5.12. The highest BCUT2D eigenvalue weighted by molar-refractivity contribution is 7.80. The maximum absolute atomic E-state index is 11.4. The lowest BCUT2D eigenvalue weighted by atomic mass is 10.1. The zero-order valence-corrected chi connectivity index (χ0v) is 10.4. The molecule has 0 amide bonds. The zero-order valence-electron chi connectivity index (χ0n) is 9.60. The highest BCUT2D eigenvalue weighted by atomic mass is 32.1. The summed E-state index contributed by atoms with van der Waals surface area (Å²) >= 11 is 5.01. The molecule has 1 aromatic carbocycles. The summed E-state index contributed by atoms with van der Waals surface area (Å²) in [5, 5.41) is 0.377. The van der Waals surface area contributed by atoms with E-state index in [1.165, 1.54) is 0 Å². The van der Waals surface area contributed by atoms with Crippen LogP contribution in [0.15, 0.2) is 30.3 Å². The van der Waals surface area contributed by atoms with Crippen LogP contribution in [0, 0.1) is 5.92 Å². The maximum Gasteiger partial charge on any atom is 0.167 e. The Balaban J connectivity index is 2.34. The van der Waals surface area contributed by atoms with Crippen molar-refractivity contribution in [3.63, 3.8) is 0 Å². The second kappa shape index (κ2) is 6.38. The van der Waals surface area contributed by atoms with Gasteiger partial charge in [-0.15, -0.1) is 0 Å². The van der Waals surface area contributed by atoms with E-state index in [2.05, 4.69) is 0 Å². The molecule has 1 rings (SSSR count). The number of Topliss-reactive ketones (excluding diaryl/α,β-unsaturated/α-hetero) is 1. The highest BCUT2D eigenvalue weighted by Gasteiger charge is 2.10. The van der Waals surface area contributed by atoms with Crippen LogP contribution in [0.3, 0.4) is 0 Å². The number of ketones is 1. The molecule has 0 aliphatic heterocycles. The quantitative estimate of drug-likeness (QED) is 0.735. The van der Waals surface area contributed by atoms with Gasteiger partial charge >= 0.3 is 0 Å². The van der Waals surface area contributed by atoms with Crippen molar-refractivity contribution in [2.45, 2.75) is 26.9 Å². The van der Waals surface area contributed by atoms with E-state index in [4.69, 9.17) is 17.0 Å². The first-order valence-corrected chi connectivity index (χ1v) is 5.72. The molecule has 0 N–H and O–H groups in total. The summed E-state index contributed by atoms with van der Waals surface area (Å²) in [6.07, 6.45) is 0.236. The van der Waals surface area contributed by atoms with Crippen LogP contribution in [0.5, 0.6) is 0 Å². The van der Waals surface area contributed by atoms with E-state index in [0.717, 1.165) is 5.56 Å². The van der Waals surface area contributed by atoms with Gasteiger partial charge in [0, 0.05) is 5.92 Å². The fraction of sp³-hybridized carbons (Fsp3) is 0.385. The third-order valence-electron chi connectivity index (χ3n) is 2.21. The fourth-order valence-corrected chi connectivity index (χ4v) is 1.34. The predicted octanol–water partition coefficient (Wildman–Crippen LogP) is 3.15. The Bertz CT molecular complexity index is 357. The molecule has 0 saturated heterocycles. The van der Waals surface area contributed by atoms with Crippen molar-refractivity contribution in [3.05, 3.63) is 35.9 Å². The first kappa shape index (κ1) is 12.8. The summed E-state index contributed by atoms with van der Waals surface area (Å²) in [4.78, 5) is 11.4. The summed E-state index contributed by atoms with van der Waals surface area (Å²) in [7, 11) is 0. The first-order chi connectivity index (χ1) is 7.59. The van der Waals surface area contributed by atoms with Gasteiger partial charge in [-0.1, -0.05) is 44.2 Å². The van der Waals surface area contributed by atoms with Gasteiger partial charge in [0.15, 0.2) is 5.05 Å². The van der Waals surface area contributed by atoms with Crippen molar-refractivity contribution in [1.29, 1.82) is 0 Å². The summed E-state index contributed by atoms with van der Waals surface area (Å²) in [6, 6.07) is 9.77. The van der Waals surface area contributed by atoms with Crippen LogP contribution in [-0.4, -0.2) is 10.8 Å².